The van der Waals surface area contributed by atoms with Crippen LogP contribution in [0.5, 0.6) is 0 Å². The van der Waals surface area contributed by atoms with Gasteiger partial charge in [-0.3, -0.25) is 4.21 Å². The Kier molecular flexibility index (Phi) is 6.10. The van der Waals surface area contributed by atoms with Gasteiger partial charge in [0.25, 0.3) is 0 Å². The predicted molar refractivity (Wildman–Crippen MR) is 66.1 cm³/mol. The molecule has 1 atom stereocenters. The highest BCUT2D eigenvalue weighted by Gasteiger charge is 2.02. The largest absolute Gasteiger partial charge is 0.385 e. The fourth-order valence-electron chi connectivity index (χ4n) is 1.30. The number of aryl methyl sites for hydroxylation is 1. The van der Waals surface area contributed by atoms with Gasteiger partial charge in [0.15, 0.2) is 0 Å². The van der Waals surface area contributed by atoms with E-state index < -0.39 is 10.8 Å². The minimum atomic E-state index is -0.764. The second kappa shape index (κ2) is 7.40. The molecule has 0 aliphatic heterocycles. The number of anilines is 1. The molecule has 0 bridgehead atoms. The van der Waals surface area contributed by atoms with Crippen molar-refractivity contribution in [1.29, 1.82) is 0 Å². The first kappa shape index (κ1) is 13.2. The van der Waals surface area contributed by atoms with Crippen molar-refractivity contribution in [1.82, 2.24) is 9.55 Å². The summed E-state index contributed by atoms with van der Waals surface area (Å²) in [5.41, 5.74) is 0. The van der Waals surface area contributed by atoms with E-state index in [1.807, 2.05) is 10.8 Å². The summed E-state index contributed by atoms with van der Waals surface area (Å²) in [7, 11) is 0.928. The fraction of sp³-hybridized carbons (Fsp3) is 0.700. The molecule has 0 fully saturated rings. The van der Waals surface area contributed by atoms with E-state index in [1.165, 1.54) is 0 Å². The monoisotopic (exact) mass is 245 g/mol. The standard InChI is InChI=1S/C10H19N3O2S/c1-15-8-3-4-11-10-12-5-6-13(10)7-9-16(2)14/h5-6H,3-4,7-9H2,1-2H3,(H,11,12). The number of aromatic nitrogens is 2. The van der Waals surface area contributed by atoms with Gasteiger partial charge < -0.3 is 14.6 Å². The molecule has 1 aromatic heterocycles. The Morgan fingerprint density at radius 1 is 1.62 bits per heavy atom. The summed E-state index contributed by atoms with van der Waals surface area (Å²) in [6.45, 7) is 2.31. The molecule has 0 saturated heterocycles. The number of ether oxygens (including phenoxy) is 1. The third-order valence-electron chi connectivity index (χ3n) is 2.14. The van der Waals surface area contributed by atoms with Crippen molar-refractivity contribution >= 4 is 16.7 Å². The Hall–Kier alpha value is -0.880. The lowest BCUT2D eigenvalue weighted by Crippen LogP contribution is -2.12. The van der Waals surface area contributed by atoms with Crippen LogP contribution >= 0.6 is 0 Å². The van der Waals surface area contributed by atoms with Gasteiger partial charge in [-0.15, -0.1) is 0 Å². The molecule has 0 aliphatic rings. The maximum atomic E-state index is 11.0. The Balaban J connectivity index is 2.35. The molecule has 16 heavy (non-hydrogen) atoms. The zero-order chi connectivity index (χ0) is 11.8. The summed E-state index contributed by atoms with van der Waals surface area (Å²) >= 11 is 0. The van der Waals surface area contributed by atoms with E-state index in [0.29, 0.717) is 5.75 Å². The number of hydrogen-bond donors (Lipinski definition) is 1. The van der Waals surface area contributed by atoms with Crippen LogP contribution < -0.4 is 5.32 Å². The molecule has 1 heterocycles. The van der Waals surface area contributed by atoms with Crippen molar-refractivity contribution in [3.05, 3.63) is 12.4 Å². The number of imidazole rings is 1. The van der Waals surface area contributed by atoms with Crippen LogP contribution in [-0.2, 0) is 22.1 Å². The highest BCUT2D eigenvalue weighted by Crippen LogP contribution is 2.04. The highest BCUT2D eigenvalue weighted by atomic mass is 32.2. The molecular weight excluding hydrogens is 226 g/mol. The van der Waals surface area contributed by atoms with Crippen LogP contribution in [0.4, 0.5) is 5.95 Å². The van der Waals surface area contributed by atoms with Gasteiger partial charge in [0, 0.05) is 62.0 Å². The summed E-state index contributed by atoms with van der Waals surface area (Å²) in [5, 5.41) is 3.22. The van der Waals surface area contributed by atoms with Crippen molar-refractivity contribution in [2.45, 2.75) is 13.0 Å². The number of nitrogens with zero attached hydrogens (tertiary/aromatic N) is 2. The molecule has 1 aromatic rings. The SMILES string of the molecule is COCCCNc1nccn1CCS(C)=O. The third kappa shape index (κ3) is 4.76. The maximum absolute atomic E-state index is 11.0. The Bertz CT molecular complexity index is 328. The quantitative estimate of drug-likeness (QED) is 0.685. The van der Waals surface area contributed by atoms with Crippen molar-refractivity contribution in [2.24, 2.45) is 0 Å². The van der Waals surface area contributed by atoms with Gasteiger partial charge in [0.05, 0.1) is 0 Å². The lowest BCUT2D eigenvalue weighted by atomic mass is 10.4. The summed E-state index contributed by atoms with van der Waals surface area (Å²) in [4.78, 5) is 4.20. The minimum absolute atomic E-state index is 0.656. The van der Waals surface area contributed by atoms with Crippen molar-refractivity contribution in [2.75, 3.05) is 37.6 Å². The molecule has 0 aromatic carbocycles. The zero-order valence-corrected chi connectivity index (χ0v) is 10.6. The second-order valence-electron chi connectivity index (χ2n) is 3.49. The molecule has 0 radical (unpaired) electrons. The van der Waals surface area contributed by atoms with Crippen LogP contribution in [0.3, 0.4) is 0 Å². The molecule has 1 unspecified atom stereocenters. The normalized spacial score (nSPS) is 12.6. The second-order valence-corrected chi connectivity index (χ2v) is 5.05. The summed E-state index contributed by atoms with van der Waals surface area (Å²) in [5.74, 6) is 1.49. The maximum Gasteiger partial charge on any atom is 0.202 e. The van der Waals surface area contributed by atoms with E-state index in [4.69, 9.17) is 4.74 Å². The number of hydrogen-bond acceptors (Lipinski definition) is 4. The van der Waals surface area contributed by atoms with E-state index in [1.54, 1.807) is 19.6 Å². The summed E-state index contributed by atoms with van der Waals surface area (Å²) in [6.07, 6.45) is 6.30. The lowest BCUT2D eigenvalue weighted by Gasteiger charge is -2.08. The first-order valence-electron chi connectivity index (χ1n) is 5.28. The Morgan fingerprint density at radius 3 is 3.12 bits per heavy atom. The number of nitrogens with one attached hydrogen (secondary N) is 1. The Labute approximate surface area is 98.7 Å². The van der Waals surface area contributed by atoms with Gasteiger partial charge in [-0.05, 0) is 6.42 Å². The fourth-order valence-corrected chi connectivity index (χ4v) is 1.75. The molecule has 0 aliphatic carbocycles. The van der Waals surface area contributed by atoms with Gasteiger partial charge in [0.1, 0.15) is 0 Å². The van der Waals surface area contributed by atoms with Crippen molar-refractivity contribution in [3.63, 3.8) is 0 Å². The lowest BCUT2D eigenvalue weighted by molar-refractivity contribution is 0.197. The van der Waals surface area contributed by atoms with E-state index >= 15 is 0 Å². The molecule has 1 rings (SSSR count). The average molecular weight is 245 g/mol. The van der Waals surface area contributed by atoms with Gasteiger partial charge in [0.2, 0.25) is 5.95 Å². The number of methoxy groups -OCH3 is 1. The molecule has 1 N–H and O–H groups in total. The predicted octanol–water partition coefficient (Wildman–Crippen LogP) is 0.710. The zero-order valence-electron chi connectivity index (χ0n) is 9.81. The van der Waals surface area contributed by atoms with E-state index in [-0.39, 0.29) is 0 Å². The summed E-state index contributed by atoms with van der Waals surface area (Å²) < 4.78 is 17.9. The first-order valence-corrected chi connectivity index (χ1v) is 7.00. The van der Waals surface area contributed by atoms with Gasteiger partial charge in [-0.1, -0.05) is 0 Å². The number of rotatable bonds is 8. The van der Waals surface area contributed by atoms with Gasteiger partial charge in [-0.25, -0.2) is 4.98 Å². The average Bonchev–Trinajstić information content (AvgIpc) is 2.69. The minimum Gasteiger partial charge on any atom is -0.385 e. The first-order chi connectivity index (χ1) is 7.74. The molecular formula is C10H19N3O2S. The van der Waals surface area contributed by atoms with Crippen molar-refractivity contribution < 1.29 is 8.95 Å². The molecule has 5 nitrogen and oxygen atoms in total. The van der Waals surface area contributed by atoms with Gasteiger partial charge in [-0.2, -0.15) is 0 Å². The summed E-state index contributed by atoms with van der Waals surface area (Å²) in [6, 6.07) is 0. The Morgan fingerprint density at radius 2 is 2.44 bits per heavy atom. The van der Waals surface area contributed by atoms with Gasteiger partial charge >= 0.3 is 0 Å². The molecule has 0 amide bonds. The van der Waals surface area contributed by atoms with Crippen LogP contribution in [0.2, 0.25) is 0 Å². The van der Waals surface area contributed by atoms with Crippen LogP contribution in [0.1, 0.15) is 6.42 Å². The van der Waals surface area contributed by atoms with Crippen LogP contribution in [0, 0.1) is 0 Å². The topological polar surface area (TPSA) is 56.1 Å². The molecule has 92 valence electrons. The highest BCUT2D eigenvalue weighted by molar-refractivity contribution is 7.84. The van der Waals surface area contributed by atoms with E-state index in [2.05, 4.69) is 10.3 Å². The molecule has 0 spiro atoms. The molecule has 6 heteroatoms. The van der Waals surface area contributed by atoms with Crippen LogP contribution in [-0.4, -0.2) is 46.0 Å². The van der Waals surface area contributed by atoms with Crippen LogP contribution in [0.15, 0.2) is 12.4 Å². The van der Waals surface area contributed by atoms with E-state index in [9.17, 15) is 4.21 Å². The van der Waals surface area contributed by atoms with Crippen LogP contribution in [0.25, 0.3) is 0 Å². The third-order valence-corrected chi connectivity index (χ3v) is 2.90. The van der Waals surface area contributed by atoms with E-state index in [0.717, 1.165) is 32.1 Å². The smallest absolute Gasteiger partial charge is 0.202 e. The van der Waals surface area contributed by atoms with Crippen molar-refractivity contribution in [3.8, 4) is 0 Å². The molecule has 0 saturated carbocycles.